The van der Waals surface area contributed by atoms with Gasteiger partial charge in [-0.3, -0.25) is 20.4 Å². The van der Waals surface area contributed by atoms with Crippen LogP contribution in [0.3, 0.4) is 0 Å². The molecular weight excluding hydrogens is 459 g/mol. The molecule has 0 aromatic heterocycles. The van der Waals surface area contributed by atoms with Gasteiger partial charge in [-0.2, -0.15) is 0 Å². The average molecular weight is 485 g/mol. The van der Waals surface area contributed by atoms with Crippen LogP contribution in [0.15, 0.2) is 30.3 Å². The van der Waals surface area contributed by atoms with E-state index in [2.05, 4.69) is 10.9 Å². The second kappa shape index (κ2) is 12.3. The van der Waals surface area contributed by atoms with Crippen LogP contribution in [0.2, 0.25) is 10.0 Å². The molecule has 0 saturated carbocycles. The lowest BCUT2D eigenvalue weighted by molar-refractivity contribution is -0.128. The minimum absolute atomic E-state index is 0.221. The number of hydrogen-bond donors (Lipinski definition) is 2. The number of hydrogen-bond acceptors (Lipinski definition) is 6. The molecule has 0 fully saturated rings. The van der Waals surface area contributed by atoms with Crippen molar-refractivity contribution < 1.29 is 28.5 Å². The van der Waals surface area contributed by atoms with Crippen LogP contribution >= 0.6 is 23.2 Å². The SMILES string of the molecule is CCOc1cc(C(=O)NNC(=O)C(C)Oc2ccc(Cl)c(Cl)c2)cc(OCC)c1OCC. The first-order chi connectivity index (χ1) is 15.3. The smallest absolute Gasteiger partial charge is 0.279 e. The monoisotopic (exact) mass is 484 g/mol. The van der Waals surface area contributed by atoms with E-state index in [1.54, 1.807) is 12.1 Å². The Morgan fingerprint density at radius 1 is 0.875 bits per heavy atom. The van der Waals surface area contributed by atoms with Crippen molar-refractivity contribution in [3.63, 3.8) is 0 Å². The Hall–Kier alpha value is -2.84. The molecule has 32 heavy (non-hydrogen) atoms. The van der Waals surface area contributed by atoms with E-state index < -0.39 is 17.9 Å². The highest BCUT2D eigenvalue weighted by atomic mass is 35.5. The normalized spacial score (nSPS) is 11.3. The van der Waals surface area contributed by atoms with Crippen LogP contribution in [0, 0.1) is 0 Å². The van der Waals surface area contributed by atoms with Gasteiger partial charge >= 0.3 is 0 Å². The lowest BCUT2D eigenvalue weighted by atomic mass is 10.1. The molecule has 1 unspecified atom stereocenters. The van der Waals surface area contributed by atoms with E-state index in [4.69, 9.17) is 42.1 Å². The van der Waals surface area contributed by atoms with Crippen molar-refractivity contribution in [2.75, 3.05) is 19.8 Å². The second-order valence-electron chi connectivity index (χ2n) is 6.38. The minimum atomic E-state index is -0.911. The van der Waals surface area contributed by atoms with Crippen LogP contribution in [-0.4, -0.2) is 37.7 Å². The molecule has 1 atom stereocenters. The zero-order chi connectivity index (χ0) is 23.7. The summed E-state index contributed by atoms with van der Waals surface area (Å²) in [5.41, 5.74) is 4.91. The van der Waals surface area contributed by atoms with E-state index in [9.17, 15) is 9.59 Å². The van der Waals surface area contributed by atoms with Crippen molar-refractivity contribution in [3.05, 3.63) is 45.9 Å². The molecule has 0 aliphatic rings. The molecule has 0 radical (unpaired) electrons. The zero-order valence-corrected chi connectivity index (χ0v) is 19.8. The number of carbonyl (C=O) groups excluding carboxylic acids is 2. The first kappa shape index (κ1) is 25.4. The Balaban J connectivity index is 2.08. The van der Waals surface area contributed by atoms with Crippen LogP contribution < -0.4 is 29.8 Å². The van der Waals surface area contributed by atoms with Gasteiger partial charge in [-0.05, 0) is 52.0 Å². The zero-order valence-electron chi connectivity index (χ0n) is 18.3. The number of amides is 2. The standard InChI is InChI=1S/C22H26Cl2N2O6/c1-5-29-18-10-14(11-19(30-6-2)20(18)31-7-3)22(28)26-25-21(27)13(4)32-15-8-9-16(23)17(24)12-15/h8-13H,5-7H2,1-4H3,(H,25,27)(H,26,28). The molecular formula is C22H26Cl2N2O6. The summed E-state index contributed by atoms with van der Waals surface area (Å²) in [5, 5.41) is 0.673. The lowest BCUT2D eigenvalue weighted by Gasteiger charge is -2.18. The molecule has 0 aliphatic heterocycles. The first-order valence-corrected chi connectivity index (χ1v) is 10.8. The predicted octanol–water partition coefficient (Wildman–Crippen LogP) is 4.42. The summed E-state index contributed by atoms with van der Waals surface area (Å²) in [7, 11) is 0. The van der Waals surface area contributed by atoms with E-state index in [0.29, 0.717) is 52.9 Å². The summed E-state index contributed by atoms with van der Waals surface area (Å²) in [6.45, 7) is 8.15. The molecule has 10 heteroatoms. The van der Waals surface area contributed by atoms with Gasteiger partial charge in [0.1, 0.15) is 5.75 Å². The highest BCUT2D eigenvalue weighted by molar-refractivity contribution is 6.42. The van der Waals surface area contributed by atoms with Crippen molar-refractivity contribution >= 4 is 35.0 Å². The molecule has 2 aromatic rings. The van der Waals surface area contributed by atoms with E-state index in [1.807, 2.05) is 20.8 Å². The van der Waals surface area contributed by atoms with Gasteiger partial charge in [-0.25, -0.2) is 0 Å². The van der Waals surface area contributed by atoms with Crippen LogP contribution in [0.5, 0.6) is 23.0 Å². The molecule has 0 spiro atoms. The van der Waals surface area contributed by atoms with Crippen LogP contribution in [-0.2, 0) is 4.79 Å². The second-order valence-corrected chi connectivity index (χ2v) is 7.19. The van der Waals surface area contributed by atoms with Gasteiger partial charge in [0.05, 0.1) is 29.9 Å². The molecule has 8 nitrogen and oxygen atoms in total. The van der Waals surface area contributed by atoms with Gasteiger partial charge in [0.25, 0.3) is 11.8 Å². The highest BCUT2D eigenvalue weighted by Gasteiger charge is 2.20. The Kier molecular flexibility index (Phi) is 9.74. The molecule has 0 aliphatic carbocycles. The number of halogens is 2. The Morgan fingerprint density at radius 3 is 2.00 bits per heavy atom. The summed E-state index contributed by atoms with van der Waals surface area (Å²) in [5.74, 6) is 0.389. The maximum absolute atomic E-state index is 12.6. The summed E-state index contributed by atoms with van der Waals surface area (Å²) in [6.07, 6.45) is -0.911. The number of carbonyl (C=O) groups is 2. The molecule has 174 valence electrons. The van der Waals surface area contributed by atoms with Crippen LogP contribution in [0.25, 0.3) is 0 Å². The molecule has 0 saturated heterocycles. The molecule has 0 bridgehead atoms. The molecule has 0 heterocycles. The van der Waals surface area contributed by atoms with Gasteiger partial charge < -0.3 is 18.9 Å². The van der Waals surface area contributed by atoms with E-state index in [-0.39, 0.29) is 5.56 Å². The number of hydrazine groups is 1. The summed E-state index contributed by atoms with van der Waals surface area (Å²) in [6, 6.07) is 7.68. The predicted molar refractivity (Wildman–Crippen MR) is 122 cm³/mol. The third kappa shape index (κ3) is 6.83. The maximum Gasteiger partial charge on any atom is 0.279 e. The van der Waals surface area contributed by atoms with Gasteiger partial charge in [0, 0.05) is 11.6 Å². The molecule has 2 amide bonds. The number of nitrogens with one attached hydrogen (secondary N) is 2. The summed E-state index contributed by atoms with van der Waals surface area (Å²) in [4.78, 5) is 25.0. The molecule has 2 N–H and O–H groups in total. The summed E-state index contributed by atoms with van der Waals surface area (Å²) >= 11 is 11.8. The van der Waals surface area contributed by atoms with Crippen molar-refractivity contribution in [3.8, 4) is 23.0 Å². The average Bonchev–Trinajstić information content (AvgIpc) is 2.76. The third-order valence-electron chi connectivity index (χ3n) is 4.04. The van der Waals surface area contributed by atoms with Crippen LogP contribution in [0.4, 0.5) is 0 Å². The topological polar surface area (TPSA) is 95.1 Å². The quantitative estimate of drug-likeness (QED) is 0.484. The van der Waals surface area contributed by atoms with Crippen molar-refractivity contribution in [1.82, 2.24) is 10.9 Å². The van der Waals surface area contributed by atoms with Gasteiger partial charge in [-0.1, -0.05) is 23.2 Å². The van der Waals surface area contributed by atoms with Crippen molar-refractivity contribution in [2.24, 2.45) is 0 Å². The van der Waals surface area contributed by atoms with Gasteiger partial charge in [0.2, 0.25) is 5.75 Å². The largest absolute Gasteiger partial charge is 0.490 e. The fourth-order valence-electron chi connectivity index (χ4n) is 2.62. The number of benzene rings is 2. The van der Waals surface area contributed by atoms with E-state index in [1.165, 1.54) is 25.1 Å². The van der Waals surface area contributed by atoms with Crippen molar-refractivity contribution in [2.45, 2.75) is 33.8 Å². The fraction of sp³-hybridized carbons (Fsp3) is 0.364. The van der Waals surface area contributed by atoms with E-state index >= 15 is 0 Å². The number of ether oxygens (including phenoxy) is 4. The Bertz CT molecular complexity index is 927. The van der Waals surface area contributed by atoms with Crippen LogP contribution in [0.1, 0.15) is 38.1 Å². The van der Waals surface area contributed by atoms with Crippen molar-refractivity contribution in [1.29, 1.82) is 0 Å². The fourth-order valence-corrected chi connectivity index (χ4v) is 2.91. The van der Waals surface area contributed by atoms with E-state index in [0.717, 1.165) is 0 Å². The molecule has 2 rings (SSSR count). The van der Waals surface area contributed by atoms with Gasteiger partial charge in [0.15, 0.2) is 17.6 Å². The number of rotatable bonds is 10. The summed E-state index contributed by atoms with van der Waals surface area (Å²) < 4.78 is 22.4. The molecule has 2 aromatic carbocycles. The third-order valence-corrected chi connectivity index (χ3v) is 4.78. The highest BCUT2D eigenvalue weighted by Crippen LogP contribution is 2.39. The lowest BCUT2D eigenvalue weighted by Crippen LogP contribution is -2.47. The van der Waals surface area contributed by atoms with Gasteiger partial charge in [-0.15, -0.1) is 0 Å². The Labute approximate surface area is 197 Å². The minimum Gasteiger partial charge on any atom is -0.490 e. The maximum atomic E-state index is 12.6. The first-order valence-electron chi connectivity index (χ1n) is 10.1. The Morgan fingerprint density at radius 2 is 1.47 bits per heavy atom.